The molecule has 5 aromatic rings. The number of nitrogens with one attached hydrogen (secondary N) is 1. The summed E-state index contributed by atoms with van der Waals surface area (Å²) in [6.45, 7) is 0. The Morgan fingerprint density at radius 2 is 1.82 bits per heavy atom. The summed E-state index contributed by atoms with van der Waals surface area (Å²) in [4.78, 5) is 8.81. The van der Waals surface area contributed by atoms with E-state index in [2.05, 4.69) is 32.3 Å². The van der Waals surface area contributed by atoms with E-state index >= 15 is 0 Å². The standard InChI is InChI=1S/C23H15N5/c24-13-20(15-4-2-1-3-5-15)21-9-8-19-22(27-28-23(19)26-21)17-6-7-18-14-25-11-10-16(18)12-17/h1-12,14,20H,(H,26,27,28)/t20-/m0/s1. The summed E-state index contributed by atoms with van der Waals surface area (Å²) in [6.07, 6.45) is 3.64. The molecular formula is C23H15N5. The summed E-state index contributed by atoms with van der Waals surface area (Å²) in [5.41, 5.74) is 4.19. The Labute approximate surface area is 161 Å². The molecule has 1 atom stereocenters. The number of pyridine rings is 2. The zero-order valence-corrected chi connectivity index (χ0v) is 14.9. The van der Waals surface area contributed by atoms with Crippen LogP contribution in [0.1, 0.15) is 17.2 Å². The largest absolute Gasteiger partial charge is 0.275 e. The van der Waals surface area contributed by atoms with Crippen molar-refractivity contribution in [3.05, 3.63) is 90.4 Å². The zero-order chi connectivity index (χ0) is 18.9. The third-order valence-electron chi connectivity index (χ3n) is 4.93. The van der Waals surface area contributed by atoms with E-state index in [1.165, 1.54) is 0 Å². The Hall–Kier alpha value is -4.04. The maximum atomic E-state index is 9.67. The maximum Gasteiger partial charge on any atom is 0.181 e. The summed E-state index contributed by atoms with van der Waals surface area (Å²) in [5, 5.41) is 20.3. The topological polar surface area (TPSA) is 78.2 Å². The molecule has 0 unspecified atom stereocenters. The molecule has 28 heavy (non-hydrogen) atoms. The lowest BCUT2D eigenvalue weighted by Gasteiger charge is -2.08. The lowest BCUT2D eigenvalue weighted by molar-refractivity contribution is 0.969. The molecule has 5 heteroatoms. The summed E-state index contributed by atoms with van der Waals surface area (Å²) in [6, 6.07) is 24.1. The Morgan fingerprint density at radius 3 is 2.68 bits per heavy atom. The predicted molar refractivity (Wildman–Crippen MR) is 109 cm³/mol. The van der Waals surface area contributed by atoms with Crippen LogP contribution >= 0.6 is 0 Å². The summed E-state index contributed by atoms with van der Waals surface area (Å²) < 4.78 is 0. The number of nitriles is 1. The Morgan fingerprint density at radius 1 is 0.929 bits per heavy atom. The van der Waals surface area contributed by atoms with Crippen LogP contribution in [0.4, 0.5) is 0 Å². The molecule has 3 aromatic heterocycles. The second-order valence-electron chi connectivity index (χ2n) is 6.62. The molecule has 0 aliphatic rings. The van der Waals surface area contributed by atoms with E-state index < -0.39 is 5.92 Å². The van der Waals surface area contributed by atoms with Crippen molar-refractivity contribution in [2.45, 2.75) is 5.92 Å². The Kier molecular flexibility index (Phi) is 3.81. The average Bonchev–Trinajstić information content (AvgIpc) is 3.18. The van der Waals surface area contributed by atoms with Crippen molar-refractivity contribution in [1.82, 2.24) is 20.2 Å². The van der Waals surface area contributed by atoms with Gasteiger partial charge in [0.2, 0.25) is 0 Å². The normalized spacial score (nSPS) is 12.1. The third kappa shape index (κ3) is 2.68. The molecule has 1 N–H and O–H groups in total. The van der Waals surface area contributed by atoms with E-state index in [1.54, 1.807) is 6.20 Å². The number of hydrogen-bond acceptors (Lipinski definition) is 4. The van der Waals surface area contributed by atoms with Crippen molar-refractivity contribution in [3.8, 4) is 17.3 Å². The molecule has 0 fully saturated rings. The molecule has 0 amide bonds. The van der Waals surface area contributed by atoms with E-state index in [1.807, 2.05) is 66.9 Å². The van der Waals surface area contributed by atoms with Crippen molar-refractivity contribution < 1.29 is 0 Å². The summed E-state index contributed by atoms with van der Waals surface area (Å²) in [7, 11) is 0. The van der Waals surface area contributed by atoms with Gasteiger partial charge < -0.3 is 0 Å². The highest BCUT2D eigenvalue weighted by molar-refractivity contribution is 5.94. The fourth-order valence-corrected chi connectivity index (χ4v) is 3.49. The number of H-pyrrole nitrogens is 1. The number of nitrogens with zero attached hydrogens (tertiary/aromatic N) is 4. The van der Waals surface area contributed by atoms with Crippen LogP contribution in [-0.2, 0) is 0 Å². The number of benzene rings is 2. The first-order valence-electron chi connectivity index (χ1n) is 8.97. The molecule has 5 rings (SSSR count). The Bertz CT molecular complexity index is 1330. The van der Waals surface area contributed by atoms with Gasteiger partial charge in [-0.15, -0.1) is 0 Å². The van der Waals surface area contributed by atoms with E-state index in [0.29, 0.717) is 11.3 Å². The summed E-state index contributed by atoms with van der Waals surface area (Å²) in [5.74, 6) is -0.418. The molecule has 132 valence electrons. The van der Waals surface area contributed by atoms with Gasteiger partial charge in [0.05, 0.1) is 17.5 Å². The lowest BCUT2D eigenvalue weighted by atomic mass is 9.96. The molecule has 0 spiro atoms. The number of hydrogen-bond donors (Lipinski definition) is 1. The van der Waals surface area contributed by atoms with Gasteiger partial charge in [0.1, 0.15) is 5.92 Å². The van der Waals surface area contributed by atoms with Crippen LogP contribution in [0, 0.1) is 11.3 Å². The number of rotatable bonds is 3. The smallest absolute Gasteiger partial charge is 0.181 e. The number of aromatic amines is 1. The van der Waals surface area contributed by atoms with Gasteiger partial charge in [-0.05, 0) is 35.2 Å². The highest BCUT2D eigenvalue weighted by atomic mass is 15.1. The zero-order valence-electron chi connectivity index (χ0n) is 14.9. The molecule has 0 bridgehead atoms. The maximum absolute atomic E-state index is 9.67. The molecule has 5 nitrogen and oxygen atoms in total. The van der Waals surface area contributed by atoms with Crippen LogP contribution in [0.25, 0.3) is 33.1 Å². The molecule has 2 aromatic carbocycles. The van der Waals surface area contributed by atoms with Gasteiger partial charge in [-0.1, -0.05) is 42.5 Å². The fourth-order valence-electron chi connectivity index (χ4n) is 3.49. The number of aromatic nitrogens is 4. The molecule has 0 saturated heterocycles. The van der Waals surface area contributed by atoms with Gasteiger partial charge >= 0.3 is 0 Å². The molecule has 0 radical (unpaired) electrons. The molecule has 0 aliphatic heterocycles. The third-order valence-corrected chi connectivity index (χ3v) is 4.93. The van der Waals surface area contributed by atoms with Crippen LogP contribution in [-0.4, -0.2) is 20.2 Å². The molecule has 0 aliphatic carbocycles. The first-order valence-corrected chi connectivity index (χ1v) is 8.97. The van der Waals surface area contributed by atoms with Gasteiger partial charge in [-0.2, -0.15) is 10.4 Å². The average molecular weight is 361 g/mol. The van der Waals surface area contributed by atoms with Crippen LogP contribution in [0.2, 0.25) is 0 Å². The van der Waals surface area contributed by atoms with Crippen LogP contribution in [0.3, 0.4) is 0 Å². The highest BCUT2D eigenvalue weighted by Crippen LogP contribution is 2.30. The fraction of sp³-hybridized carbons (Fsp3) is 0.0435. The van der Waals surface area contributed by atoms with E-state index in [-0.39, 0.29) is 0 Å². The van der Waals surface area contributed by atoms with Gasteiger partial charge in [-0.25, -0.2) is 4.98 Å². The van der Waals surface area contributed by atoms with Gasteiger partial charge in [0.15, 0.2) is 5.65 Å². The minimum atomic E-state index is -0.418. The molecular weight excluding hydrogens is 346 g/mol. The van der Waals surface area contributed by atoms with E-state index in [4.69, 9.17) is 0 Å². The highest BCUT2D eigenvalue weighted by Gasteiger charge is 2.17. The van der Waals surface area contributed by atoms with Crippen molar-refractivity contribution in [1.29, 1.82) is 5.26 Å². The monoisotopic (exact) mass is 361 g/mol. The predicted octanol–water partition coefficient (Wildman–Crippen LogP) is 4.83. The van der Waals surface area contributed by atoms with Gasteiger partial charge in [0.25, 0.3) is 0 Å². The second-order valence-corrected chi connectivity index (χ2v) is 6.62. The summed E-state index contributed by atoms with van der Waals surface area (Å²) >= 11 is 0. The Balaban J connectivity index is 1.59. The minimum Gasteiger partial charge on any atom is -0.275 e. The van der Waals surface area contributed by atoms with Gasteiger partial charge in [-0.3, -0.25) is 10.1 Å². The van der Waals surface area contributed by atoms with Crippen molar-refractivity contribution in [3.63, 3.8) is 0 Å². The van der Waals surface area contributed by atoms with Gasteiger partial charge in [0, 0.05) is 28.7 Å². The van der Waals surface area contributed by atoms with E-state index in [0.717, 1.165) is 33.0 Å². The van der Waals surface area contributed by atoms with E-state index in [9.17, 15) is 5.26 Å². The molecule has 0 saturated carbocycles. The quantitative estimate of drug-likeness (QED) is 0.499. The van der Waals surface area contributed by atoms with Crippen LogP contribution < -0.4 is 0 Å². The lowest BCUT2D eigenvalue weighted by Crippen LogP contribution is -2.01. The van der Waals surface area contributed by atoms with Crippen molar-refractivity contribution in [2.75, 3.05) is 0 Å². The SMILES string of the molecule is N#C[C@@H](c1ccccc1)c1ccc2c(-c3ccc4cnccc4c3)[nH]nc2n1. The van der Waals surface area contributed by atoms with Crippen LogP contribution in [0.15, 0.2) is 79.1 Å². The van der Waals surface area contributed by atoms with Crippen LogP contribution in [0.5, 0.6) is 0 Å². The first-order chi connectivity index (χ1) is 13.8. The van der Waals surface area contributed by atoms with Crippen molar-refractivity contribution in [2.24, 2.45) is 0 Å². The number of fused-ring (bicyclic) bond motifs is 2. The molecule has 3 heterocycles. The van der Waals surface area contributed by atoms with Crippen molar-refractivity contribution >= 4 is 21.8 Å². The minimum absolute atomic E-state index is 0.418. The first kappa shape index (κ1) is 16.2. The second kappa shape index (κ2) is 6.60.